The number of aryl methyl sites for hydroxylation is 2. The van der Waals surface area contributed by atoms with E-state index in [1.807, 2.05) is 31.2 Å². The van der Waals surface area contributed by atoms with Gasteiger partial charge in [-0.2, -0.15) is 0 Å². The SMILES string of the molecule is Cc1cccc(OCCn2cnc3sc4c(c3c2=O)CC[C@H](C)C4)c1. The smallest absolute Gasteiger partial charge is 0.262 e. The second kappa shape index (κ2) is 6.64. The van der Waals surface area contributed by atoms with Crippen molar-refractivity contribution in [1.29, 1.82) is 0 Å². The highest BCUT2D eigenvalue weighted by atomic mass is 32.1. The summed E-state index contributed by atoms with van der Waals surface area (Å²) in [4.78, 5) is 19.7. The van der Waals surface area contributed by atoms with Gasteiger partial charge in [0.1, 0.15) is 17.2 Å². The van der Waals surface area contributed by atoms with E-state index >= 15 is 0 Å². The molecule has 1 atom stereocenters. The van der Waals surface area contributed by atoms with E-state index in [0.29, 0.717) is 19.1 Å². The normalized spacial score (nSPS) is 16.8. The van der Waals surface area contributed by atoms with Crippen LogP contribution >= 0.6 is 11.3 Å². The van der Waals surface area contributed by atoms with Crippen molar-refractivity contribution < 1.29 is 4.74 Å². The Morgan fingerprint density at radius 3 is 3.12 bits per heavy atom. The van der Waals surface area contributed by atoms with Crippen LogP contribution in [0.1, 0.15) is 29.3 Å². The molecule has 0 radical (unpaired) electrons. The molecule has 25 heavy (non-hydrogen) atoms. The Bertz CT molecular complexity index is 973. The van der Waals surface area contributed by atoms with E-state index in [2.05, 4.69) is 11.9 Å². The Morgan fingerprint density at radius 2 is 2.28 bits per heavy atom. The minimum atomic E-state index is 0.0740. The maximum atomic E-state index is 12.9. The molecule has 4 nitrogen and oxygen atoms in total. The summed E-state index contributed by atoms with van der Waals surface area (Å²) in [6.07, 6.45) is 4.89. The molecule has 0 unspecified atom stereocenters. The molecule has 0 saturated carbocycles. The van der Waals surface area contributed by atoms with Crippen molar-refractivity contribution in [2.24, 2.45) is 5.92 Å². The fourth-order valence-corrected chi connectivity index (χ4v) is 4.83. The zero-order valence-electron chi connectivity index (χ0n) is 14.6. The van der Waals surface area contributed by atoms with E-state index in [0.717, 1.165) is 40.8 Å². The highest BCUT2D eigenvalue weighted by Gasteiger charge is 2.23. The number of aromatic nitrogens is 2. The molecule has 0 fully saturated rings. The standard InChI is InChI=1S/C20H22N2O2S/c1-13-4-3-5-15(10-13)24-9-8-22-12-21-19-18(20(22)23)16-7-6-14(2)11-17(16)25-19/h3-5,10,12,14H,6-9,11H2,1-2H3/t14-/m0/s1. The van der Waals surface area contributed by atoms with E-state index in [4.69, 9.17) is 4.74 Å². The lowest BCUT2D eigenvalue weighted by atomic mass is 9.89. The van der Waals surface area contributed by atoms with Crippen molar-refractivity contribution in [3.05, 3.63) is 57.0 Å². The van der Waals surface area contributed by atoms with Crippen LogP contribution in [-0.2, 0) is 19.4 Å². The lowest BCUT2D eigenvalue weighted by molar-refractivity contribution is 0.296. The Balaban J connectivity index is 1.56. The summed E-state index contributed by atoms with van der Waals surface area (Å²) in [7, 11) is 0. The molecular weight excluding hydrogens is 332 g/mol. The van der Waals surface area contributed by atoms with Crippen molar-refractivity contribution in [1.82, 2.24) is 9.55 Å². The van der Waals surface area contributed by atoms with Gasteiger partial charge in [-0.3, -0.25) is 9.36 Å². The Morgan fingerprint density at radius 1 is 1.40 bits per heavy atom. The number of rotatable bonds is 4. The first kappa shape index (κ1) is 16.3. The van der Waals surface area contributed by atoms with Crippen molar-refractivity contribution in [2.45, 2.75) is 39.7 Å². The minimum absolute atomic E-state index is 0.0740. The molecule has 0 saturated heterocycles. The number of fused-ring (bicyclic) bond motifs is 3. The summed E-state index contributed by atoms with van der Waals surface area (Å²) in [6, 6.07) is 7.95. The summed E-state index contributed by atoms with van der Waals surface area (Å²) in [5.74, 6) is 1.54. The third kappa shape index (κ3) is 3.21. The third-order valence-corrected chi connectivity index (χ3v) is 6.04. The van der Waals surface area contributed by atoms with Crippen molar-refractivity contribution in [3.63, 3.8) is 0 Å². The molecule has 1 aliphatic rings. The van der Waals surface area contributed by atoms with Crippen molar-refractivity contribution >= 4 is 21.6 Å². The molecule has 3 aromatic rings. The number of benzene rings is 1. The first-order valence-electron chi connectivity index (χ1n) is 8.81. The predicted octanol–water partition coefficient (Wildman–Crippen LogP) is 3.97. The molecule has 0 amide bonds. The van der Waals surface area contributed by atoms with Gasteiger partial charge in [-0.1, -0.05) is 19.1 Å². The van der Waals surface area contributed by atoms with E-state index in [-0.39, 0.29) is 5.56 Å². The Labute approximate surface area is 151 Å². The van der Waals surface area contributed by atoms with Gasteiger partial charge in [0.15, 0.2) is 0 Å². The summed E-state index contributed by atoms with van der Waals surface area (Å²) in [5, 5.41) is 0.838. The monoisotopic (exact) mass is 354 g/mol. The molecule has 0 aliphatic heterocycles. The zero-order chi connectivity index (χ0) is 17.4. The average Bonchev–Trinajstić information content (AvgIpc) is 2.95. The van der Waals surface area contributed by atoms with Crippen molar-refractivity contribution in [3.8, 4) is 5.75 Å². The van der Waals surface area contributed by atoms with Crippen LogP contribution < -0.4 is 10.3 Å². The summed E-state index contributed by atoms with van der Waals surface area (Å²) >= 11 is 1.69. The first-order chi connectivity index (χ1) is 12.1. The molecule has 0 N–H and O–H groups in total. The second-order valence-electron chi connectivity index (χ2n) is 6.94. The molecule has 1 aromatic carbocycles. The minimum Gasteiger partial charge on any atom is -0.492 e. The highest BCUT2D eigenvalue weighted by Crippen LogP contribution is 2.35. The maximum absolute atomic E-state index is 12.9. The number of nitrogens with zero attached hydrogens (tertiary/aromatic N) is 2. The second-order valence-corrected chi connectivity index (χ2v) is 8.02. The Hall–Kier alpha value is -2.14. The molecule has 4 rings (SSSR count). The summed E-state index contributed by atoms with van der Waals surface area (Å²) in [6.45, 7) is 5.29. The van der Waals surface area contributed by atoms with Crippen LogP contribution in [0.3, 0.4) is 0 Å². The topological polar surface area (TPSA) is 44.1 Å². The van der Waals surface area contributed by atoms with Gasteiger partial charge in [0, 0.05) is 4.88 Å². The van der Waals surface area contributed by atoms with Gasteiger partial charge >= 0.3 is 0 Å². The van der Waals surface area contributed by atoms with Gasteiger partial charge in [-0.05, 0) is 55.4 Å². The summed E-state index contributed by atoms with van der Waals surface area (Å²) < 4.78 is 7.46. The number of thiophene rings is 1. The third-order valence-electron chi connectivity index (χ3n) is 4.87. The van der Waals surface area contributed by atoms with E-state index in [9.17, 15) is 4.79 Å². The molecule has 0 spiro atoms. The van der Waals surface area contributed by atoms with Crippen LogP contribution in [0, 0.1) is 12.8 Å². The van der Waals surface area contributed by atoms with Crippen molar-refractivity contribution in [2.75, 3.05) is 6.61 Å². The van der Waals surface area contributed by atoms with Crippen LogP contribution in [0.2, 0.25) is 0 Å². The number of ether oxygens (including phenoxy) is 1. The maximum Gasteiger partial charge on any atom is 0.262 e. The highest BCUT2D eigenvalue weighted by molar-refractivity contribution is 7.18. The van der Waals surface area contributed by atoms with Gasteiger partial charge in [0.25, 0.3) is 5.56 Å². The predicted molar refractivity (Wildman–Crippen MR) is 102 cm³/mol. The van der Waals surface area contributed by atoms with Crippen LogP contribution in [0.15, 0.2) is 35.4 Å². The average molecular weight is 354 g/mol. The van der Waals surface area contributed by atoms with Gasteiger partial charge < -0.3 is 4.74 Å². The van der Waals surface area contributed by atoms with E-state index < -0.39 is 0 Å². The van der Waals surface area contributed by atoms with Gasteiger partial charge in [0.2, 0.25) is 0 Å². The fourth-order valence-electron chi connectivity index (χ4n) is 3.49. The molecule has 1 aliphatic carbocycles. The van der Waals surface area contributed by atoms with Crippen LogP contribution in [-0.4, -0.2) is 16.2 Å². The molecule has 0 bridgehead atoms. The molecular formula is C20H22N2O2S. The van der Waals surface area contributed by atoms with Crippen LogP contribution in [0.25, 0.3) is 10.2 Å². The quantitative estimate of drug-likeness (QED) is 0.712. The fraction of sp³-hybridized carbons (Fsp3) is 0.400. The van der Waals surface area contributed by atoms with E-state index in [1.165, 1.54) is 10.4 Å². The molecule has 2 aromatic heterocycles. The number of hydrogen-bond acceptors (Lipinski definition) is 4. The number of hydrogen-bond donors (Lipinski definition) is 0. The van der Waals surface area contributed by atoms with Gasteiger partial charge in [0.05, 0.1) is 18.3 Å². The summed E-state index contributed by atoms with van der Waals surface area (Å²) in [5.41, 5.74) is 2.48. The zero-order valence-corrected chi connectivity index (χ0v) is 15.4. The molecule has 5 heteroatoms. The van der Waals surface area contributed by atoms with E-state index in [1.54, 1.807) is 22.2 Å². The first-order valence-corrected chi connectivity index (χ1v) is 9.62. The largest absolute Gasteiger partial charge is 0.492 e. The molecule has 2 heterocycles. The lowest BCUT2D eigenvalue weighted by Crippen LogP contribution is -2.24. The van der Waals surface area contributed by atoms with Crippen LogP contribution in [0.5, 0.6) is 5.75 Å². The van der Waals surface area contributed by atoms with Gasteiger partial charge in [-0.25, -0.2) is 4.98 Å². The Kier molecular flexibility index (Phi) is 4.34. The van der Waals surface area contributed by atoms with Crippen LogP contribution in [0.4, 0.5) is 0 Å². The molecule has 130 valence electrons. The van der Waals surface area contributed by atoms with Gasteiger partial charge in [-0.15, -0.1) is 11.3 Å². The lowest BCUT2D eigenvalue weighted by Gasteiger charge is -2.17.